The van der Waals surface area contributed by atoms with Crippen molar-refractivity contribution in [3.63, 3.8) is 0 Å². The number of allylic oxidation sites excluding steroid dienone is 3. The summed E-state index contributed by atoms with van der Waals surface area (Å²) in [4.78, 5) is 27.0. The van der Waals surface area contributed by atoms with E-state index in [1.54, 1.807) is 36.4 Å². The van der Waals surface area contributed by atoms with Gasteiger partial charge in [-0.2, -0.15) is 0 Å². The van der Waals surface area contributed by atoms with Crippen LogP contribution in [-0.4, -0.2) is 41.9 Å². The first-order valence-corrected chi connectivity index (χ1v) is 10.7. The molecule has 1 N–H and O–H groups in total. The van der Waals surface area contributed by atoms with E-state index in [2.05, 4.69) is 6.08 Å². The maximum Gasteiger partial charge on any atom is 0.222 e. The Bertz CT molecular complexity index is 720. The second-order valence-electron chi connectivity index (χ2n) is 7.93. The first kappa shape index (κ1) is 20.0. The predicted molar refractivity (Wildman–Crippen MR) is 109 cm³/mol. The van der Waals surface area contributed by atoms with Crippen molar-refractivity contribution in [2.24, 2.45) is 17.8 Å². The molecule has 27 heavy (non-hydrogen) atoms. The fourth-order valence-electron chi connectivity index (χ4n) is 4.39. The van der Waals surface area contributed by atoms with Gasteiger partial charge < -0.3 is 10.0 Å². The number of thiophene rings is 1. The Hall–Kier alpha value is -1.72. The highest BCUT2D eigenvalue weighted by atomic mass is 32.1. The fourth-order valence-corrected chi connectivity index (χ4v) is 5.01. The first-order valence-electron chi connectivity index (χ1n) is 9.79. The minimum Gasteiger partial charge on any atom is -0.392 e. The van der Waals surface area contributed by atoms with Gasteiger partial charge in [-0.15, -0.1) is 11.3 Å². The summed E-state index contributed by atoms with van der Waals surface area (Å²) in [6.45, 7) is 0. The molecule has 0 aromatic carbocycles. The molecule has 1 aromatic heterocycles. The van der Waals surface area contributed by atoms with E-state index >= 15 is 0 Å². The Labute approximate surface area is 165 Å². The Morgan fingerprint density at radius 1 is 1.33 bits per heavy atom. The van der Waals surface area contributed by atoms with E-state index in [1.165, 1.54) is 5.57 Å². The molecule has 1 aromatic rings. The first-order chi connectivity index (χ1) is 13.0. The van der Waals surface area contributed by atoms with Gasteiger partial charge in [0.2, 0.25) is 5.91 Å². The lowest BCUT2D eigenvalue weighted by molar-refractivity contribution is -0.128. The van der Waals surface area contributed by atoms with E-state index in [4.69, 9.17) is 0 Å². The number of aliphatic hydroxyl groups excluding tert-OH is 1. The third kappa shape index (κ3) is 4.96. The lowest BCUT2D eigenvalue weighted by Crippen LogP contribution is -2.27. The number of carbonyl (C=O) groups is 2. The van der Waals surface area contributed by atoms with Crippen molar-refractivity contribution >= 4 is 29.1 Å². The monoisotopic (exact) mass is 387 g/mol. The van der Waals surface area contributed by atoms with Crippen molar-refractivity contribution in [2.45, 2.75) is 44.6 Å². The highest BCUT2D eigenvalue weighted by Crippen LogP contribution is 2.48. The van der Waals surface area contributed by atoms with Gasteiger partial charge in [0.25, 0.3) is 0 Å². The maximum absolute atomic E-state index is 12.7. The van der Waals surface area contributed by atoms with Crippen LogP contribution in [-0.2, 0) is 9.59 Å². The van der Waals surface area contributed by atoms with E-state index in [0.717, 1.165) is 30.6 Å². The SMILES string of the molecule is CN(C)C(=O)CCCCC1=C[C@H]2C[C@@H](O)[C@H](C(=O)C=Cc3cccs3)[C@H]2C1. The summed E-state index contributed by atoms with van der Waals surface area (Å²) in [5.74, 6) is 0.505. The number of rotatable bonds is 8. The highest BCUT2D eigenvalue weighted by Gasteiger charge is 2.47. The molecule has 1 heterocycles. The zero-order valence-corrected chi connectivity index (χ0v) is 17.0. The molecule has 0 unspecified atom stereocenters. The number of ketones is 1. The molecule has 5 heteroatoms. The summed E-state index contributed by atoms with van der Waals surface area (Å²) in [5.41, 5.74) is 1.40. The number of unbranched alkanes of at least 4 members (excludes halogenated alkanes) is 1. The van der Waals surface area contributed by atoms with Crippen LogP contribution in [0.2, 0.25) is 0 Å². The largest absolute Gasteiger partial charge is 0.392 e. The summed E-state index contributed by atoms with van der Waals surface area (Å²) in [6.07, 6.45) is 10.4. The minimum atomic E-state index is -0.531. The normalized spacial score (nSPS) is 27.0. The quantitative estimate of drug-likeness (QED) is 0.418. The van der Waals surface area contributed by atoms with E-state index in [9.17, 15) is 14.7 Å². The van der Waals surface area contributed by atoms with Crippen LogP contribution in [0.5, 0.6) is 0 Å². The summed E-state index contributed by atoms with van der Waals surface area (Å²) in [5, 5.41) is 12.4. The number of fused-ring (bicyclic) bond motifs is 1. The van der Waals surface area contributed by atoms with Gasteiger partial charge in [0.1, 0.15) is 0 Å². The van der Waals surface area contributed by atoms with Crippen molar-refractivity contribution in [1.29, 1.82) is 0 Å². The molecule has 1 saturated carbocycles. The van der Waals surface area contributed by atoms with Gasteiger partial charge in [0.05, 0.1) is 12.0 Å². The summed E-state index contributed by atoms with van der Waals surface area (Å²) in [7, 11) is 3.58. The van der Waals surface area contributed by atoms with Gasteiger partial charge in [-0.1, -0.05) is 17.7 Å². The summed E-state index contributed by atoms with van der Waals surface area (Å²) < 4.78 is 0. The van der Waals surface area contributed by atoms with Gasteiger partial charge >= 0.3 is 0 Å². The molecule has 4 atom stereocenters. The predicted octanol–water partition coefficient (Wildman–Crippen LogP) is 3.92. The standard InChI is InChI=1S/C22H29NO3S/c1-23(2)21(26)8-4-3-6-15-12-16-14-20(25)22(18(16)13-15)19(24)10-9-17-7-5-11-27-17/h5,7,9-12,16,18,20,22,25H,3-4,6,8,13-14H2,1-2H3/t16-,18-,20+,22-/m0/s1. The van der Waals surface area contributed by atoms with Crippen LogP contribution >= 0.6 is 11.3 Å². The van der Waals surface area contributed by atoms with Crippen LogP contribution in [0.3, 0.4) is 0 Å². The van der Waals surface area contributed by atoms with Crippen LogP contribution < -0.4 is 0 Å². The average molecular weight is 388 g/mol. The molecule has 4 nitrogen and oxygen atoms in total. The van der Waals surface area contributed by atoms with Crippen LogP contribution in [0.1, 0.15) is 43.4 Å². The molecule has 0 bridgehead atoms. The van der Waals surface area contributed by atoms with E-state index < -0.39 is 6.10 Å². The summed E-state index contributed by atoms with van der Waals surface area (Å²) in [6, 6.07) is 3.95. The molecule has 0 radical (unpaired) electrons. The molecule has 3 rings (SSSR count). The molecule has 2 aliphatic carbocycles. The number of hydrogen-bond donors (Lipinski definition) is 1. The van der Waals surface area contributed by atoms with Crippen molar-refractivity contribution in [2.75, 3.05) is 14.1 Å². The van der Waals surface area contributed by atoms with Crippen molar-refractivity contribution < 1.29 is 14.7 Å². The Morgan fingerprint density at radius 2 is 2.15 bits per heavy atom. The molecule has 1 fully saturated rings. The maximum atomic E-state index is 12.7. The zero-order chi connectivity index (χ0) is 19.4. The number of nitrogens with zero attached hydrogens (tertiary/aromatic N) is 1. The molecule has 0 saturated heterocycles. The van der Waals surface area contributed by atoms with Gasteiger partial charge in [-0.3, -0.25) is 9.59 Å². The van der Waals surface area contributed by atoms with Gasteiger partial charge in [-0.25, -0.2) is 0 Å². The van der Waals surface area contributed by atoms with Gasteiger partial charge in [0.15, 0.2) is 5.78 Å². The Balaban J connectivity index is 1.50. The Kier molecular flexibility index (Phi) is 6.66. The molecular weight excluding hydrogens is 358 g/mol. The van der Waals surface area contributed by atoms with Crippen molar-refractivity contribution in [3.05, 3.63) is 40.1 Å². The molecule has 0 aliphatic heterocycles. The van der Waals surface area contributed by atoms with Crippen LogP contribution in [0.15, 0.2) is 35.2 Å². The second-order valence-corrected chi connectivity index (χ2v) is 8.91. The molecule has 146 valence electrons. The fraction of sp³-hybridized carbons (Fsp3) is 0.545. The van der Waals surface area contributed by atoms with Crippen LogP contribution in [0.25, 0.3) is 6.08 Å². The van der Waals surface area contributed by atoms with E-state index in [1.807, 2.05) is 23.6 Å². The highest BCUT2D eigenvalue weighted by molar-refractivity contribution is 7.10. The van der Waals surface area contributed by atoms with Crippen molar-refractivity contribution in [1.82, 2.24) is 4.90 Å². The van der Waals surface area contributed by atoms with Crippen LogP contribution in [0, 0.1) is 17.8 Å². The van der Waals surface area contributed by atoms with Crippen molar-refractivity contribution in [3.8, 4) is 0 Å². The smallest absolute Gasteiger partial charge is 0.222 e. The molecular formula is C22H29NO3S. The minimum absolute atomic E-state index is 0.0506. The second kappa shape index (κ2) is 8.98. The zero-order valence-electron chi connectivity index (χ0n) is 16.1. The van der Waals surface area contributed by atoms with Gasteiger partial charge in [0, 0.05) is 25.4 Å². The summed E-state index contributed by atoms with van der Waals surface area (Å²) >= 11 is 1.60. The molecule has 2 aliphatic rings. The third-order valence-corrected chi connectivity index (χ3v) is 6.65. The topological polar surface area (TPSA) is 57.6 Å². The van der Waals surface area contributed by atoms with E-state index in [-0.39, 0.29) is 23.5 Å². The lowest BCUT2D eigenvalue weighted by atomic mass is 9.86. The lowest BCUT2D eigenvalue weighted by Gasteiger charge is -2.19. The molecule has 0 spiro atoms. The number of carbonyl (C=O) groups excluding carboxylic acids is 2. The molecule has 1 amide bonds. The number of amides is 1. The number of aliphatic hydroxyl groups is 1. The third-order valence-electron chi connectivity index (χ3n) is 5.81. The van der Waals surface area contributed by atoms with Gasteiger partial charge in [-0.05, 0) is 67.5 Å². The van der Waals surface area contributed by atoms with Crippen LogP contribution in [0.4, 0.5) is 0 Å². The average Bonchev–Trinajstić information content (AvgIpc) is 3.32. The van der Waals surface area contributed by atoms with E-state index in [0.29, 0.717) is 18.8 Å². The number of hydrogen-bond acceptors (Lipinski definition) is 4. The Morgan fingerprint density at radius 3 is 2.85 bits per heavy atom.